The first-order valence-electron chi connectivity index (χ1n) is 9.27. The highest BCUT2D eigenvalue weighted by molar-refractivity contribution is 5.98. The molecule has 0 bridgehead atoms. The Morgan fingerprint density at radius 2 is 1.61 bits per heavy atom. The van der Waals surface area contributed by atoms with Gasteiger partial charge in [-0.3, -0.25) is 9.59 Å². The number of carbonyl (C=O) groups excluding carboxylic acids is 2. The lowest BCUT2D eigenvalue weighted by Crippen LogP contribution is -2.33. The van der Waals surface area contributed by atoms with Gasteiger partial charge in [-0.25, -0.2) is 4.79 Å². The number of carboxylic acid groups (broad SMARTS) is 1. The third kappa shape index (κ3) is 4.57. The zero-order chi connectivity index (χ0) is 20.4. The highest BCUT2D eigenvalue weighted by atomic mass is 16.4. The van der Waals surface area contributed by atoms with E-state index >= 15 is 0 Å². The topological polar surface area (TPSA) is 95.5 Å². The fourth-order valence-corrected chi connectivity index (χ4v) is 3.31. The van der Waals surface area contributed by atoms with Crippen molar-refractivity contribution in [2.24, 2.45) is 11.8 Å². The number of carboxylic acids is 1. The summed E-state index contributed by atoms with van der Waals surface area (Å²) in [6.07, 6.45) is 0.904. The lowest BCUT2D eigenvalue weighted by molar-refractivity contribution is -0.139. The monoisotopic (exact) mass is 380 g/mol. The average molecular weight is 380 g/mol. The fraction of sp³-hybridized carbons (Fsp3) is 0.318. The summed E-state index contributed by atoms with van der Waals surface area (Å²) in [5.41, 5.74) is 3.33. The van der Waals surface area contributed by atoms with Crippen molar-refractivity contribution >= 4 is 23.5 Å². The first kappa shape index (κ1) is 19.6. The Morgan fingerprint density at radius 1 is 1.04 bits per heavy atom. The van der Waals surface area contributed by atoms with E-state index in [0.717, 1.165) is 17.5 Å². The summed E-state index contributed by atoms with van der Waals surface area (Å²) in [5, 5.41) is 15.0. The minimum Gasteiger partial charge on any atom is -0.479 e. The van der Waals surface area contributed by atoms with Gasteiger partial charge < -0.3 is 15.7 Å². The highest BCUT2D eigenvalue weighted by Gasteiger charge is 2.39. The molecule has 146 valence electrons. The number of benzene rings is 2. The Kier molecular flexibility index (Phi) is 5.49. The van der Waals surface area contributed by atoms with Crippen molar-refractivity contribution in [2.45, 2.75) is 33.2 Å². The van der Waals surface area contributed by atoms with Crippen molar-refractivity contribution in [1.82, 2.24) is 5.32 Å². The third-order valence-electron chi connectivity index (χ3n) is 4.96. The van der Waals surface area contributed by atoms with Crippen LogP contribution in [0.1, 0.15) is 46.4 Å². The van der Waals surface area contributed by atoms with Crippen molar-refractivity contribution in [3.8, 4) is 0 Å². The number of aryl methyl sites for hydroxylation is 2. The third-order valence-corrected chi connectivity index (χ3v) is 4.96. The molecule has 0 aromatic heterocycles. The van der Waals surface area contributed by atoms with E-state index in [1.807, 2.05) is 26.8 Å². The first-order chi connectivity index (χ1) is 13.2. The van der Waals surface area contributed by atoms with Gasteiger partial charge >= 0.3 is 5.97 Å². The number of anilines is 1. The van der Waals surface area contributed by atoms with Gasteiger partial charge in [0.05, 0.1) is 0 Å². The summed E-state index contributed by atoms with van der Waals surface area (Å²) in [5.74, 6) is -1.13. The maximum absolute atomic E-state index is 12.5. The molecule has 1 fully saturated rings. The second-order valence-electron chi connectivity index (χ2n) is 7.55. The van der Waals surface area contributed by atoms with Crippen molar-refractivity contribution in [3.63, 3.8) is 0 Å². The summed E-state index contributed by atoms with van der Waals surface area (Å²) < 4.78 is 0. The highest BCUT2D eigenvalue weighted by Crippen LogP contribution is 2.38. The molecule has 2 aromatic rings. The molecular formula is C22H24N2O4. The van der Waals surface area contributed by atoms with Crippen LogP contribution in [-0.4, -0.2) is 22.9 Å². The number of hydrogen-bond acceptors (Lipinski definition) is 3. The average Bonchev–Trinajstić information content (AvgIpc) is 3.36. The van der Waals surface area contributed by atoms with Gasteiger partial charge in [-0.05, 0) is 56.0 Å². The van der Waals surface area contributed by atoms with E-state index in [9.17, 15) is 19.5 Å². The van der Waals surface area contributed by atoms with Crippen LogP contribution in [0.2, 0.25) is 0 Å². The Hall–Kier alpha value is -3.15. The maximum atomic E-state index is 12.5. The van der Waals surface area contributed by atoms with E-state index in [2.05, 4.69) is 10.6 Å². The number of rotatable bonds is 6. The van der Waals surface area contributed by atoms with E-state index in [1.54, 1.807) is 36.4 Å². The van der Waals surface area contributed by atoms with Crippen LogP contribution >= 0.6 is 0 Å². The fourth-order valence-electron chi connectivity index (χ4n) is 3.31. The molecule has 6 nitrogen and oxygen atoms in total. The minimum atomic E-state index is -1.14. The molecule has 3 rings (SSSR count). The molecule has 2 aromatic carbocycles. The normalized spacial score (nSPS) is 18.8. The molecule has 2 amide bonds. The van der Waals surface area contributed by atoms with Crippen LogP contribution in [0.3, 0.4) is 0 Å². The smallest absolute Gasteiger partial charge is 0.330 e. The van der Waals surface area contributed by atoms with Crippen molar-refractivity contribution in [3.05, 3.63) is 64.7 Å². The molecule has 3 N–H and O–H groups in total. The minimum absolute atomic E-state index is 0.00883. The summed E-state index contributed by atoms with van der Waals surface area (Å²) in [7, 11) is 0. The van der Waals surface area contributed by atoms with Crippen molar-refractivity contribution in [2.75, 3.05) is 5.32 Å². The maximum Gasteiger partial charge on any atom is 0.330 e. The number of hydrogen-bond donors (Lipinski definition) is 3. The second kappa shape index (κ2) is 7.84. The van der Waals surface area contributed by atoms with E-state index in [-0.39, 0.29) is 11.8 Å². The molecule has 0 spiro atoms. The van der Waals surface area contributed by atoms with Gasteiger partial charge in [0.1, 0.15) is 0 Å². The standard InChI is InChI=1S/C22H24N2O4/c1-12-8-13(2)10-16(9-12)19(22(27)28)24-20(25)15-4-6-17(7-5-15)23-21(26)18-11-14(18)3/h4-10,14,18-19H,11H2,1-3H3,(H,23,26)(H,24,25)(H,27,28). The molecule has 0 aliphatic heterocycles. The van der Waals surface area contributed by atoms with Gasteiger partial charge in [-0.15, -0.1) is 0 Å². The van der Waals surface area contributed by atoms with Crippen LogP contribution in [0.25, 0.3) is 0 Å². The molecule has 1 aliphatic carbocycles. The van der Waals surface area contributed by atoms with Gasteiger partial charge in [0, 0.05) is 17.2 Å². The molecule has 1 aliphatic rings. The lowest BCUT2D eigenvalue weighted by Gasteiger charge is -2.16. The van der Waals surface area contributed by atoms with Gasteiger partial charge in [-0.2, -0.15) is 0 Å². The molecule has 0 saturated heterocycles. The van der Waals surface area contributed by atoms with Gasteiger partial charge in [0.25, 0.3) is 5.91 Å². The number of amides is 2. The zero-order valence-electron chi connectivity index (χ0n) is 16.2. The molecule has 3 atom stereocenters. The van der Waals surface area contributed by atoms with Crippen LogP contribution < -0.4 is 10.6 Å². The number of nitrogens with one attached hydrogen (secondary N) is 2. The molecule has 28 heavy (non-hydrogen) atoms. The molecule has 3 unspecified atom stereocenters. The second-order valence-corrected chi connectivity index (χ2v) is 7.55. The predicted molar refractivity (Wildman–Crippen MR) is 106 cm³/mol. The van der Waals surface area contributed by atoms with Crippen LogP contribution in [0, 0.1) is 25.7 Å². The van der Waals surface area contributed by atoms with E-state index in [0.29, 0.717) is 22.7 Å². The van der Waals surface area contributed by atoms with E-state index < -0.39 is 17.9 Å². The van der Waals surface area contributed by atoms with Crippen LogP contribution in [0.15, 0.2) is 42.5 Å². The van der Waals surface area contributed by atoms with E-state index in [4.69, 9.17) is 0 Å². The Labute approximate surface area is 164 Å². The van der Waals surface area contributed by atoms with Gasteiger partial charge in [0.2, 0.25) is 5.91 Å². The van der Waals surface area contributed by atoms with Crippen LogP contribution in [-0.2, 0) is 9.59 Å². The van der Waals surface area contributed by atoms with Crippen LogP contribution in [0.5, 0.6) is 0 Å². The Balaban J connectivity index is 1.69. The largest absolute Gasteiger partial charge is 0.479 e. The zero-order valence-corrected chi connectivity index (χ0v) is 16.2. The quantitative estimate of drug-likeness (QED) is 0.715. The first-order valence-corrected chi connectivity index (χ1v) is 9.27. The Bertz CT molecular complexity index is 900. The molecule has 6 heteroatoms. The van der Waals surface area contributed by atoms with Crippen LogP contribution in [0.4, 0.5) is 5.69 Å². The van der Waals surface area contributed by atoms with Gasteiger partial charge in [0.15, 0.2) is 6.04 Å². The summed E-state index contributed by atoms with van der Waals surface area (Å²) in [6, 6.07) is 10.7. The molecule has 0 radical (unpaired) electrons. The summed E-state index contributed by atoms with van der Waals surface area (Å²) in [4.78, 5) is 36.2. The van der Waals surface area contributed by atoms with E-state index in [1.165, 1.54) is 0 Å². The predicted octanol–water partition coefficient (Wildman–Crippen LogP) is 3.45. The molecule has 0 heterocycles. The van der Waals surface area contributed by atoms with Crippen molar-refractivity contribution < 1.29 is 19.5 Å². The number of aliphatic carboxylic acids is 1. The van der Waals surface area contributed by atoms with Gasteiger partial charge in [-0.1, -0.05) is 36.2 Å². The molecular weight excluding hydrogens is 356 g/mol. The Morgan fingerprint density at radius 3 is 2.11 bits per heavy atom. The SMILES string of the molecule is Cc1cc(C)cc(C(NC(=O)c2ccc(NC(=O)C3CC3C)cc2)C(=O)O)c1. The summed E-state index contributed by atoms with van der Waals surface area (Å²) in [6.45, 7) is 5.80. The van der Waals surface area contributed by atoms with Crippen molar-refractivity contribution in [1.29, 1.82) is 0 Å². The lowest BCUT2D eigenvalue weighted by atomic mass is 10.0. The number of carbonyl (C=O) groups is 3. The summed E-state index contributed by atoms with van der Waals surface area (Å²) >= 11 is 0. The molecule has 1 saturated carbocycles.